The van der Waals surface area contributed by atoms with Crippen LogP contribution >= 0.6 is 38.6 Å². The summed E-state index contributed by atoms with van der Waals surface area (Å²) in [6.45, 7) is 1.43. The normalized spacial score (nSPS) is 12.1. The number of thiazole rings is 1. The van der Waals surface area contributed by atoms with Crippen LogP contribution in [0.2, 0.25) is 0 Å². The zero-order valence-electron chi connectivity index (χ0n) is 10.4. The maximum atomic E-state index is 11.7. The average molecular weight is 375 g/mol. The van der Waals surface area contributed by atoms with Crippen molar-refractivity contribution in [1.82, 2.24) is 10.3 Å². The van der Waals surface area contributed by atoms with Crippen LogP contribution in [0.3, 0.4) is 0 Å². The number of carbonyl (C=O) groups excluding carboxylic acids is 1. The number of nitrogens with one attached hydrogen (secondary N) is 1. The highest BCUT2D eigenvalue weighted by molar-refractivity contribution is 9.10. The Balaban J connectivity index is 1.99. The smallest absolute Gasteiger partial charge is 0.325 e. The molecule has 0 saturated heterocycles. The van der Waals surface area contributed by atoms with E-state index in [0.717, 1.165) is 14.4 Å². The van der Waals surface area contributed by atoms with Gasteiger partial charge in [0.1, 0.15) is 11.0 Å². The van der Waals surface area contributed by atoms with Crippen molar-refractivity contribution in [3.8, 4) is 9.88 Å². The lowest BCUT2D eigenvalue weighted by atomic mass is 10.3. The van der Waals surface area contributed by atoms with Crippen LogP contribution in [-0.2, 0) is 16.0 Å². The van der Waals surface area contributed by atoms with E-state index in [-0.39, 0.29) is 12.3 Å². The van der Waals surface area contributed by atoms with Crippen LogP contribution in [0.25, 0.3) is 9.88 Å². The molecule has 0 aliphatic carbocycles. The standard InChI is InChI=1S/C12H11BrN2O3S2/c1-6(12(17)18)14-10(16)3-8-5-20-11(15-8)9-2-7(13)4-19-9/h2,4-6H,3H2,1H3,(H,14,16)(H,17,18)/t6-/m1/s1. The minimum Gasteiger partial charge on any atom is -0.480 e. The first kappa shape index (κ1) is 15.1. The molecule has 0 saturated carbocycles. The first-order valence-corrected chi connectivity index (χ1v) is 8.22. The molecule has 1 atom stereocenters. The van der Waals surface area contributed by atoms with Crippen LogP contribution in [0.4, 0.5) is 0 Å². The van der Waals surface area contributed by atoms with Crippen molar-refractivity contribution < 1.29 is 14.7 Å². The van der Waals surface area contributed by atoms with Crippen LogP contribution < -0.4 is 5.32 Å². The molecule has 0 aliphatic rings. The second-order valence-electron chi connectivity index (χ2n) is 4.08. The third-order valence-electron chi connectivity index (χ3n) is 2.42. The van der Waals surface area contributed by atoms with Gasteiger partial charge < -0.3 is 10.4 Å². The molecule has 2 aromatic rings. The second kappa shape index (κ2) is 6.47. The minimum absolute atomic E-state index is 0.0840. The van der Waals surface area contributed by atoms with E-state index in [1.54, 1.807) is 11.3 Å². The zero-order valence-corrected chi connectivity index (χ0v) is 13.6. The van der Waals surface area contributed by atoms with Gasteiger partial charge in [-0.1, -0.05) is 0 Å². The van der Waals surface area contributed by atoms with Gasteiger partial charge in [-0.2, -0.15) is 0 Å². The maximum absolute atomic E-state index is 11.7. The third kappa shape index (κ3) is 3.87. The molecular weight excluding hydrogens is 364 g/mol. The van der Waals surface area contributed by atoms with Crippen LogP contribution in [0.5, 0.6) is 0 Å². The lowest BCUT2D eigenvalue weighted by molar-refractivity contribution is -0.141. The highest BCUT2D eigenvalue weighted by Gasteiger charge is 2.15. The SMILES string of the molecule is C[C@@H](NC(=O)Cc1csc(-c2cc(Br)cs2)n1)C(=O)O. The van der Waals surface area contributed by atoms with E-state index in [9.17, 15) is 9.59 Å². The molecule has 20 heavy (non-hydrogen) atoms. The fourth-order valence-corrected chi connectivity index (χ4v) is 3.77. The molecule has 2 aromatic heterocycles. The van der Waals surface area contributed by atoms with Gasteiger partial charge in [-0.15, -0.1) is 22.7 Å². The number of nitrogens with zero attached hydrogens (tertiary/aromatic N) is 1. The summed E-state index contributed by atoms with van der Waals surface area (Å²) in [5.41, 5.74) is 0.643. The maximum Gasteiger partial charge on any atom is 0.325 e. The summed E-state index contributed by atoms with van der Waals surface area (Å²) >= 11 is 6.42. The number of aromatic nitrogens is 1. The topological polar surface area (TPSA) is 79.3 Å². The number of amides is 1. The van der Waals surface area contributed by atoms with E-state index in [0.29, 0.717) is 5.69 Å². The van der Waals surface area contributed by atoms with E-state index >= 15 is 0 Å². The van der Waals surface area contributed by atoms with Gasteiger partial charge in [0.05, 0.1) is 17.0 Å². The molecule has 2 rings (SSSR count). The molecule has 0 bridgehead atoms. The Bertz CT molecular complexity index is 638. The van der Waals surface area contributed by atoms with Crippen molar-refractivity contribution in [3.05, 3.63) is 27.0 Å². The summed E-state index contributed by atoms with van der Waals surface area (Å²) in [5, 5.41) is 15.8. The molecule has 2 N–H and O–H groups in total. The second-order valence-corrected chi connectivity index (χ2v) is 6.76. The van der Waals surface area contributed by atoms with Crippen LogP contribution in [-0.4, -0.2) is 28.0 Å². The van der Waals surface area contributed by atoms with Crippen molar-refractivity contribution in [3.63, 3.8) is 0 Å². The summed E-state index contributed by atoms with van der Waals surface area (Å²) in [7, 11) is 0. The molecule has 2 heterocycles. The summed E-state index contributed by atoms with van der Waals surface area (Å²) in [5.74, 6) is -1.40. The zero-order chi connectivity index (χ0) is 14.7. The van der Waals surface area contributed by atoms with E-state index in [1.807, 2.05) is 16.8 Å². The Morgan fingerprint density at radius 2 is 2.20 bits per heavy atom. The highest BCUT2D eigenvalue weighted by Crippen LogP contribution is 2.31. The first-order valence-electron chi connectivity index (χ1n) is 5.66. The fourth-order valence-electron chi connectivity index (χ4n) is 1.45. The molecule has 0 spiro atoms. The number of halogens is 1. The number of carbonyl (C=O) groups is 2. The molecule has 0 fully saturated rings. The quantitative estimate of drug-likeness (QED) is 0.842. The molecule has 106 valence electrons. The number of carboxylic acids is 1. The Hall–Kier alpha value is -1.25. The summed E-state index contributed by atoms with van der Waals surface area (Å²) in [4.78, 5) is 27.7. The fraction of sp³-hybridized carbons (Fsp3) is 0.250. The van der Waals surface area contributed by atoms with E-state index < -0.39 is 12.0 Å². The molecule has 0 aromatic carbocycles. The molecule has 0 radical (unpaired) electrons. The summed E-state index contributed by atoms with van der Waals surface area (Å²) in [6.07, 6.45) is 0.0840. The van der Waals surface area contributed by atoms with Gasteiger partial charge >= 0.3 is 5.97 Å². The lowest BCUT2D eigenvalue weighted by Crippen LogP contribution is -2.39. The molecule has 1 amide bonds. The lowest BCUT2D eigenvalue weighted by Gasteiger charge is -2.07. The predicted molar refractivity (Wildman–Crippen MR) is 82.1 cm³/mol. The van der Waals surface area contributed by atoms with Gasteiger partial charge in [0, 0.05) is 15.2 Å². The largest absolute Gasteiger partial charge is 0.480 e. The van der Waals surface area contributed by atoms with Crippen molar-refractivity contribution in [1.29, 1.82) is 0 Å². The van der Waals surface area contributed by atoms with Gasteiger partial charge in [-0.3, -0.25) is 9.59 Å². The predicted octanol–water partition coefficient (Wildman–Crippen LogP) is 2.77. The molecule has 8 heteroatoms. The molecule has 0 unspecified atom stereocenters. The van der Waals surface area contributed by atoms with Crippen molar-refractivity contribution in [2.45, 2.75) is 19.4 Å². The highest BCUT2D eigenvalue weighted by atomic mass is 79.9. The Labute approximate surface area is 131 Å². The number of hydrogen-bond acceptors (Lipinski definition) is 5. The van der Waals surface area contributed by atoms with Crippen molar-refractivity contribution in [2.75, 3.05) is 0 Å². The van der Waals surface area contributed by atoms with Crippen LogP contribution in [0.1, 0.15) is 12.6 Å². The van der Waals surface area contributed by atoms with Gasteiger partial charge in [0.15, 0.2) is 0 Å². The Morgan fingerprint density at radius 3 is 2.80 bits per heavy atom. The van der Waals surface area contributed by atoms with Crippen LogP contribution in [0.15, 0.2) is 21.3 Å². The Morgan fingerprint density at radius 1 is 1.45 bits per heavy atom. The number of hydrogen-bond donors (Lipinski definition) is 2. The number of carboxylic acid groups (broad SMARTS) is 1. The van der Waals surface area contributed by atoms with Gasteiger partial charge in [-0.25, -0.2) is 4.98 Å². The average Bonchev–Trinajstić information content (AvgIpc) is 2.97. The van der Waals surface area contributed by atoms with Gasteiger partial charge in [0.2, 0.25) is 5.91 Å². The van der Waals surface area contributed by atoms with E-state index in [4.69, 9.17) is 5.11 Å². The Kier molecular flexibility index (Phi) is 4.90. The first-order chi connectivity index (χ1) is 9.45. The molecular formula is C12H11BrN2O3S2. The minimum atomic E-state index is -1.05. The van der Waals surface area contributed by atoms with E-state index in [1.165, 1.54) is 18.3 Å². The third-order valence-corrected chi connectivity index (χ3v) is 5.17. The van der Waals surface area contributed by atoms with Crippen molar-refractivity contribution >= 4 is 50.5 Å². The van der Waals surface area contributed by atoms with Gasteiger partial charge in [-0.05, 0) is 28.9 Å². The molecule has 0 aliphatic heterocycles. The number of thiophene rings is 1. The van der Waals surface area contributed by atoms with E-state index in [2.05, 4.69) is 26.2 Å². The summed E-state index contributed by atoms with van der Waals surface area (Å²) in [6, 6.07) is 1.08. The number of aliphatic carboxylic acids is 1. The van der Waals surface area contributed by atoms with Gasteiger partial charge in [0.25, 0.3) is 0 Å². The summed E-state index contributed by atoms with van der Waals surface area (Å²) < 4.78 is 1.00. The monoisotopic (exact) mass is 374 g/mol. The van der Waals surface area contributed by atoms with Crippen molar-refractivity contribution in [2.24, 2.45) is 0 Å². The number of rotatable bonds is 5. The molecule has 5 nitrogen and oxygen atoms in total. The van der Waals surface area contributed by atoms with Crippen LogP contribution in [0, 0.1) is 0 Å².